The number of nitrogens with zero attached hydrogens (tertiary/aromatic N) is 6. The van der Waals surface area contributed by atoms with Crippen LogP contribution in [0.1, 0.15) is 49.5 Å². The number of aryl methyl sites for hydroxylation is 1. The van der Waals surface area contributed by atoms with Crippen LogP contribution in [-0.4, -0.2) is 43.4 Å². The van der Waals surface area contributed by atoms with Crippen LogP contribution in [0.3, 0.4) is 0 Å². The first kappa shape index (κ1) is 17.7. The maximum atomic E-state index is 13.0. The molecule has 1 atom stereocenters. The Bertz CT molecular complexity index is 907. The van der Waals surface area contributed by atoms with Crippen molar-refractivity contribution in [3.8, 4) is 17.5 Å². The van der Waals surface area contributed by atoms with E-state index >= 15 is 0 Å². The minimum Gasteiger partial charge on any atom is -0.341 e. The van der Waals surface area contributed by atoms with Crippen molar-refractivity contribution in [2.45, 2.75) is 44.9 Å². The summed E-state index contributed by atoms with van der Waals surface area (Å²) in [5.41, 5.74) is 1.90. The number of imidazole rings is 1. The lowest BCUT2D eigenvalue weighted by molar-refractivity contribution is -0.144. The van der Waals surface area contributed by atoms with Gasteiger partial charge < -0.3 is 9.47 Å². The highest BCUT2D eigenvalue weighted by Crippen LogP contribution is 2.43. The van der Waals surface area contributed by atoms with Crippen LogP contribution in [0.15, 0.2) is 18.6 Å². The van der Waals surface area contributed by atoms with Crippen molar-refractivity contribution >= 4 is 5.91 Å². The van der Waals surface area contributed by atoms with E-state index in [2.05, 4.69) is 21.0 Å². The summed E-state index contributed by atoms with van der Waals surface area (Å²) in [4.78, 5) is 28.4. The molecule has 1 aliphatic heterocycles. The Kier molecular flexibility index (Phi) is 4.42. The summed E-state index contributed by atoms with van der Waals surface area (Å²) in [6.45, 7) is 3.28. The molecule has 4 rings (SSSR count). The molecule has 1 unspecified atom stereocenters. The van der Waals surface area contributed by atoms with Crippen LogP contribution < -0.4 is 0 Å². The Labute approximate surface area is 159 Å². The minimum absolute atomic E-state index is 0.00256. The number of rotatable bonds is 3. The summed E-state index contributed by atoms with van der Waals surface area (Å²) in [5, 5.41) is 9.52. The van der Waals surface area contributed by atoms with E-state index in [1.54, 1.807) is 12.4 Å². The predicted molar refractivity (Wildman–Crippen MR) is 99.4 cm³/mol. The lowest BCUT2D eigenvalue weighted by Gasteiger charge is -2.41. The van der Waals surface area contributed by atoms with E-state index in [1.807, 2.05) is 29.6 Å². The molecule has 1 saturated carbocycles. The number of nitriles is 1. The van der Waals surface area contributed by atoms with Gasteiger partial charge in [0.25, 0.3) is 0 Å². The number of carbonyl (C=O) groups excluding carboxylic acids is 1. The van der Waals surface area contributed by atoms with Crippen LogP contribution in [0, 0.1) is 23.7 Å². The van der Waals surface area contributed by atoms with E-state index in [9.17, 15) is 10.1 Å². The van der Waals surface area contributed by atoms with Crippen LogP contribution in [0.4, 0.5) is 0 Å². The molecule has 2 aromatic heterocycles. The third-order valence-electron chi connectivity index (χ3n) is 6.12. The van der Waals surface area contributed by atoms with Gasteiger partial charge in [-0.1, -0.05) is 0 Å². The van der Waals surface area contributed by atoms with Gasteiger partial charge in [0.1, 0.15) is 16.9 Å². The maximum absolute atomic E-state index is 13.0. The summed E-state index contributed by atoms with van der Waals surface area (Å²) in [6, 6.07) is 2.28. The molecule has 2 fully saturated rings. The molecular weight excluding hydrogens is 340 g/mol. The highest BCUT2D eigenvalue weighted by atomic mass is 16.2. The third kappa shape index (κ3) is 2.89. The van der Waals surface area contributed by atoms with E-state index < -0.39 is 5.41 Å². The number of aromatic nitrogens is 4. The first-order valence-corrected chi connectivity index (χ1v) is 9.56. The Morgan fingerprint density at radius 3 is 2.67 bits per heavy atom. The first-order chi connectivity index (χ1) is 13.1. The van der Waals surface area contributed by atoms with E-state index in [4.69, 9.17) is 0 Å². The molecule has 1 amide bonds. The van der Waals surface area contributed by atoms with Gasteiger partial charge in [-0.05, 0) is 39.0 Å². The molecule has 0 aromatic carbocycles. The number of piperidine rings is 1. The molecule has 7 nitrogen and oxygen atoms in total. The molecule has 1 aliphatic carbocycles. The first-order valence-electron chi connectivity index (χ1n) is 9.56. The number of amides is 1. The second kappa shape index (κ2) is 6.76. The summed E-state index contributed by atoms with van der Waals surface area (Å²) < 4.78 is 2.01. The second-order valence-electron chi connectivity index (χ2n) is 7.68. The molecule has 7 heteroatoms. The Morgan fingerprint density at radius 1 is 1.26 bits per heavy atom. The minimum atomic E-state index is -0.785. The summed E-state index contributed by atoms with van der Waals surface area (Å²) in [7, 11) is 1.97. The van der Waals surface area contributed by atoms with E-state index in [0.29, 0.717) is 19.4 Å². The Balaban J connectivity index is 1.62. The molecule has 3 heterocycles. The normalized spacial score (nSPS) is 21.4. The fourth-order valence-corrected chi connectivity index (χ4v) is 4.16. The summed E-state index contributed by atoms with van der Waals surface area (Å²) in [5.74, 6) is 1.04. The number of hydrogen-bond acceptors (Lipinski definition) is 5. The fourth-order valence-electron chi connectivity index (χ4n) is 4.16. The molecule has 0 spiro atoms. The van der Waals surface area contributed by atoms with Gasteiger partial charge in [0.2, 0.25) is 5.91 Å². The molecule has 27 heavy (non-hydrogen) atoms. The Morgan fingerprint density at radius 2 is 2.04 bits per heavy atom. The van der Waals surface area contributed by atoms with E-state index in [0.717, 1.165) is 48.7 Å². The molecule has 0 radical (unpaired) electrons. The number of hydrogen-bond donors (Lipinski definition) is 0. The predicted octanol–water partition coefficient (Wildman–Crippen LogP) is 2.59. The van der Waals surface area contributed by atoms with Crippen molar-refractivity contribution in [1.82, 2.24) is 24.4 Å². The maximum Gasteiger partial charge on any atom is 0.243 e. The Hall–Kier alpha value is -2.75. The lowest BCUT2D eigenvalue weighted by atomic mass is 9.68. The van der Waals surface area contributed by atoms with Crippen molar-refractivity contribution in [2.24, 2.45) is 12.5 Å². The lowest BCUT2D eigenvalue weighted by Crippen LogP contribution is -2.50. The van der Waals surface area contributed by atoms with Gasteiger partial charge in [-0.15, -0.1) is 0 Å². The SMILES string of the molecule is Cc1ncc(-c2nccnc2C2CCCN(C(=O)C3(C#N)CCC3)C2)n1C. The van der Waals surface area contributed by atoms with Crippen LogP contribution >= 0.6 is 0 Å². The van der Waals surface area contributed by atoms with Gasteiger partial charge in [-0.25, -0.2) is 4.98 Å². The third-order valence-corrected chi connectivity index (χ3v) is 6.12. The topological polar surface area (TPSA) is 87.7 Å². The molecule has 2 aliphatic rings. The highest BCUT2D eigenvalue weighted by Gasteiger charge is 2.47. The van der Waals surface area contributed by atoms with Gasteiger partial charge >= 0.3 is 0 Å². The quantitative estimate of drug-likeness (QED) is 0.835. The van der Waals surface area contributed by atoms with Crippen molar-refractivity contribution < 1.29 is 4.79 Å². The molecule has 2 aromatic rings. The van der Waals surface area contributed by atoms with E-state index in [1.165, 1.54) is 0 Å². The zero-order valence-corrected chi connectivity index (χ0v) is 15.9. The van der Waals surface area contributed by atoms with Gasteiger partial charge in [-0.2, -0.15) is 5.26 Å². The number of carbonyl (C=O) groups is 1. The van der Waals surface area contributed by atoms with Gasteiger partial charge in [0.15, 0.2) is 0 Å². The van der Waals surface area contributed by atoms with E-state index in [-0.39, 0.29) is 11.8 Å². The standard InChI is InChI=1S/C20H24N6O/c1-14-24-11-16(25(14)2)18-17(22-8-9-23-18)15-5-3-10-26(12-15)19(27)20(13-21)6-4-7-20/h8-9,11,15H,3-7,10,12H2,1-2H3. The largest absolute Gasteiger partial charge is 0.341 e. The zero-order chi connectivity index (χ0) is 19.0. The van der Waals surface area contributed by atoms with Crippen LogP contribution in [0.2, 0.25) is 0 Å². The smallest absolute Gasteiger partial charge is 0.243 e. The average molecular weight is 364 g/mol. The van der Waals surface area contributed by atoms with Gasteiger partial charge in [0, 0.05) is 38.4 Å². The van der Waals surface area contributed by atoms with Crippen LogP contribution in [-0.2, 0) is 11.8 Å². The van der Waals surface area contributed by atoms with Gasteiger partial charge in [-0.3, -0.25) is 14.8 Å². The zero-order valence-electron chi connectivity index (χ0n) is 15.9. The van der Waals surface area contributed by atoms with Crippen molar-refractivity contribution in [1.29, 1.82) is 5.26 Å². The summed E-state index contributed by atoms with van der Waals surface area (Å²) >= 11 is 0. The van der Waals surface area contributed by atoms with Crippen molar-refractivity contribution in [3.05, 3.63) is 30.1 Å². The average Bonchev–Trinajstić information content (AvgIpc) is 3.00. The summed E-state index contributed by atoms with van der Waals surface area (Å²) in [6.07, 6.45) is 9.46. The molecular formula is C20H24N6O. The van der Waals surface area contributed by atoms with Gasteiger partial charge in [0.05, 0.1) is 23.7 Å². The molecule has 1 saturated heterocycles. The number of likely N-dealkylation sites (tertiary alicyclic amines) is 1. The fraction of sp³-hybridized carbons (Fsp3) is 0.550. The van der Waals surface area contributed by atoms with Crippen molar-refractivity contribution in [2.75, 3.05) is 13.1 Å². The molecule has 0 bridgehead atoms. The monoisotopic (exact) mass is 364 g/mol. The van der Waals surface area contributed by atoms with Crippen LogP contribution in [0.25, 0.3) is 11.4 Å². The molecule has 0 N–H and O–H groups in total. The second-order valence-corrected chi connectivity index (χ2v) is 7.68. The van der Waals surface area contributed by atoms with Crippen molar-refractivity contribution in [3.63, 3.8) is 0 Å². The van der Waals surface area contributed by atoms with Crippen LogP contribution in [0.5, 0.6) is 0 Å². The highest BCUT2D eigenvalue weighted by molar-refractivity contribution is 5.86. The molecule has 140 valence electrons.